The maximum absolute atomic E-state index is 5.74. The van der Waals surface area contributed by atoms with Crippen molar-refractivity contribution in [2.24, 2.45) is 5.92 Å². The maximum Gasteiger partial charge on any atom is 0.0755 e. The van der Waals surface area contributed by atoms with Gasteiger partial charge in [-0.25, -0.2) is 0 Å². The van der Waals surface area contributed by atoms with Crippen molar-refractivity contribution in [1.29, 1.82) is 0 Å². The summed E-state index contributed by atoms with van der Waals surface area (Å²) in [4.78, 5) is 0. The largest absolute Gasteiger partial charge is 0.380 e. The van der Waals surface area contributed by atoms with E-state index >= 15 is 0 Å². The standard InChI is InChI=1S/C16H25NO/c1-4-17-15(16(18-3)13-9-10-13)11-14-8-6-5-7-12(14)2/h5-8,13,15-17H,4,9-11H2,1-3H3. The summed E-state index contributed by atoms with van der Waals surface area (Å²) in [7, 11) is 1.85. The molecule has 0 amide bonds. The molecule has 0 saturated heterocycles. The van der Waals surface area contributed by atoms with Crippen LogP contribution in [0.25, 0.3) is 0 Å². The van der Waals surface area contributed by atoms with Gasteiger partial charge in [0.25, 0.3) is 0 Å². The highest BCUT2D eigenvalue weighted by molar-refractivity contribution is 5.26. The van der Waals surface area contributed by atoms with Gasteiger partial charge >= 0.3 is 0 Å². The van der Waals surface area contributed by atoms with E-state index in [1.54, 1.807) is 0 Å². The zero-order valence-corrected chi connectivity index (χ0v) is 11.8. The van der Waals surface area contributed by atoms with Gasteiger partial charge in [-0.2, -0.15) is 0 Å². The number of methoxy groups -OCH3 is 1. The van der Waals surface area contributed by atoms with Crippen molar-refractivity contribution in [3.8, 4) is 0 Å². The van der Waals surface area contributed by atoms with Gasteiger partial charge in [-0.1, -0.05) is 31.2 Å². The van der Waals surface area contributed by atoms with Crippen molar-refractivity contribution in [3.05, 3.63) is 35.4 Å². The lowest BCUT2D eigenvalue weighted by Gasteiger charge is -2.27. The fourth-order valence-corrected chi connectivity index (χ4v) is 2.75. The second-order valence-corrected chi connectivity index (χ2v) is 5.33. The predicted octanol–water partition coefficient (Wildman–Crippen LogP) is 2.94. The topological polar surface area (TPSA) is 21.3 Å². The Morgan fingerprint density at radius 3 is 2.61 bits per heavy atom. The quantitative estimate of drug-likeness (QED) is 0.800. The first-order chi connectivity index (χ1) is 8.76. The zero-order chi connectivity index (χ0) is 13.0. The van der Waals surface area contributed by atoms with Gasteiger partial charge in [-0.15, -0.1) is 0 Å². The molecule has 18 heavy (non-hydrogen) atoms. The van der Waals surface area contributed by atoms with Gasteiger partial charge in [0.15, 0.2) is 0 Å². The van der Waals surface area contributed by atoms with Crippen molar-refractivity contribution in [1.82, 2.24) is 5.32 Å². The molecule has 2 rings (SSSR count). The van der Waals surface area contributed by atoms with Crippen molar-refractivity contribution >= 4 is 0 Å². The maximum atomic E-state index is 5.74. The van der Waals surface area contributed by atoms with Crippen LogP contribution < -0.4 is 5.32 Å². The first-order valence-corrected chi connectivity index (χ1v) is 7.07. The van der Waals surface area contributed by atoms with Crippen LogP contribution in [0.4, 0.5) is 0 Å². The second-order valence-electron chi connectivity index (χ2n) is 5.33. The molecule has 0 spiro atoms. The highest BCUT2D eigenvalue weighted by atomic mass is 16.5. The van der Waals surface area contributed by atoms with Crippen LogP contribution >= 0.6 is 0 Å². The molecule has 1 aliphatic carbocycles. The predicted molar refractivity (Wildman–Crippen MR) is 75.9 cm³/mol. The van der Waals surface area contributed by atoms with Gasteiger partial charge in [0, 0.05) is 13.2 Å². The van der Waals surface area contributed by atoms with E-state index < -0.39 is 0 Å². The molecule has 1 N–H and O–H groups in total. The lowest BCUT2D eigenvalue weighted by atomic mass is 9.95. The molecule has 0 heterocycles. The summed E-state index contributed by atoms with van der Waals surface area (Å²) in [6.07, 6.45) is 4.09. The highest BCUT2D eigenvalue weighted by Gasteiger charge is 2.36. The Morgan fingerprint density at radius 1 is 1.33 bits per heavy atom. The summed E-state index contributed by atoms with van der Waals surface area (Å²) in [6.45, 7) is 5.37. The molecule has 1 aliphatic rings. The molecule has 0 radical (unpaired) electrons. The van der Waals surface area contributed by atoms with Crippen LogP contribution in [0.2, 0.25) is 0 Å². The molecule has 2 atom stereocenters. The van der Waals surface area contributed by atoms with Crippen LogP contribution in [0, 0.1) is 12.8 Å². The van der Waals surface area contributed by atoms with Crippen molar-refractivity contribution in [2.45, 2.75) is 45.3 Å². The van der Waals surface area contributed by atoms with Gasteiger partial charge in [-0.05, 0) is 49.8 Å². The number of hydrogen-bond donors (Lipinski definition) is 1. The minimum Gasteiger partial charge on any atom is -0.380 e. The van der Waals surface area contributed by atoms with Crippen molar-refractivity contribution in [3.63, 3.8) is 0 Å². The molecule has 1 aromatic carbocycles. The third-order valence-electron chi connectivity index (χ3n) is 3.92. The van der Waals surface area contributed by atoms with Gasteiger partial charge in [0.05, 0.1) is 6.10 Å². The minimum atomic E-state index is 0.365. The van der Waals surface area contributed by atoms with E-state index in [0.29, 0.717) is 12.1 Å². The molecule has 2 unspecified atom stereocenters. The molecule has 1 saturated carbocycles. The minimum absolute atomic E-state index is 0.365. The third kappa shape index (κ3) is 3.33. The molecule has 2 nitrogen and oxygen atoms in total. The number of aryl methyl sites for hydroxylation is 1. The number of likely N-dealkylation sites (N-methyl/N-ethyl adjacent to an activating group) is 1. The van der Waals surface area contributed by atoms with Crippen LogP contribution in [-0.4, -0.2) is 25.8 Å². The number of nitrogens with one attached hydrogen (secondary N) is 1. The van der Waals surface area contributed by atoms with Crippen LogP contribution in [0.3, 0.4) is 0 Å². The van der Waals surface area contributed by atoms with E-state index in [4.69, 9.17) is 4.74 Å². The van der Waals surface area contributed by atoms with Crippen molar-refractivity contribution < 1.29 is 4.74 Å². The summed E-state index contributed by atoms with van der Waals surface area (Å²) in [5.74, 6) is 0.767. The molecule has 1 fully saturated rings. The molecular weight excluding hydrogens is 222 g/mol. The van der Waals surface area contributed by atoms with E-state index in [1.807, 2.05) is 7.11 Å². The molecule has 0 bridgehead atoms. The Morgan fingerprint density at radius 2 is 2.06 bits per heavy atom. The summed E-state index contributed by atoms with van der Waals surface area (Å²) >= 11 is 0. The first kappa shape index (κ1) is 13.6. The highest BCUT2D eigenvalue weighted by Crippen LogP contribution is 2.36. The Labute approximate surface area is 111 Å². The lowest BCUT2D eigenvalue weighted by Crippen LogP contribution is -2.43. The van der Waals surface area contributed by atoms with Crippen LogP contribution in [0.5, 0.6) is 0 Å². The fourth-order valence-electron chi connectivity index (χ4n) is 2.75. The van der Waals surface area contributed by atoms with Gasteiger partial charge in [0.1, 0.15) is 0 Å². The number of rotatable bonds is 7. The summed E-state index contributed by atoms with van der Waals surface area (Å²) < 4.78 is 5.74. The van der Waals surface area contributed by atoms with Gasteiger partial charge < -0.3 is 10.1 Å². The zero-order valence-electron chi connectivity index (χ0n) is 11.8. The van der Waals surface area contributed by atoms with Crippen LogP contribution in [0.1, 0.15) is 30.9 Å². The summed E-state index contributed by atoms with van der Waals surface area (Å²) in [5, 5.41) is 3.61. The second kappa shape index (κ2) is 6.35. The Hall–Kier alpha value is -0.860. The molecule has 2 heteroatoms. The molecule has 0 aliphatic heterocycles. The van der Waals surface area contributed by atoms with E-state index in [9.17, 15) is 0 Å². The normalized spacial score (nSPS) is 18.6. The third-order valence-corrected chi connectivity index (χ3v) is 3.92. The number of hydrogen-bond acceptors (Lipinski definition) is 2. The van der Waals surface area contributed by atoms with E-state index in [2.05, 4.69) is 43.4 Å². The van der Waals surface area contributed by atoms with Gasteiger partial charge in [0.2, 0.25) is 0 Å². The monoisotopic (exact) mass is 247 g/mol. The smallest absolute Gasteiger partial charge is 0.0755 e. The first-order valence-electron chi connectivity index (χ1n) is 7.07. The number of benzene rings is 1. The molecule has 100 valence electrons. The van der Waals surface area contributed by atoms with Gasteiger partial charge in [-0.3, -0.25) is 0 Å². The van der Waals surface area contributed by atoms with Crippen LogP contribution in [-0.2, 0) is 11.2 Å². The van der Waals surface area contributed by atoms with Crippen molar-refractivity contribution in [2.75, 3.05) is 13.7 Å². The average Bonchev–Trinajstić information content (AvgIpc) is 3.18. The molecule has 1 aromatic rings. The summed E-state index contributed by atoms with van der Waals surface area (Å²) in [6, 6.07) is 9.10. The average molecular weight is 247 g/mol. The fraction of sp³-hybridized carbons (Fsp3) is 0.625. The molecular formula is C16H25NO. The Bertz CT molecular complexity index is 373. The number of ether oxygens (including phenoxy) is 1. The summed E-state index contributed by atoms with van der Waals surface area (Å²) in [5.41, 5.74) is 2.82. The SMILES string of the molecule is CCNC(Cc1ccccc1C)C(OC)C1CC1. The van der Waals surface area contributed by atoms with E-state index in [-0.39, 0.29) is 0 Å². The van der Waals surface area contributed by atoms with E-state index in [1.165, 1.54) is 24.0 Å². The lowest BCUT2D eigenvalue weighted by molar-refractivity contribution is 0.0515. The van der Waals surface area contributed by atoms with Crippen LogP contribution in [0.15, 0.2) is 24.3 Å². The Balaban J connectivity index is 2.07. The molecule has 0 aromatic heterocycles. The Kier molecular flexibility index (Phi) is 4.79. The van der Waals surface area contributed by atoms with E-state index in [0.717, 1.165) is 18.9 Å².